The molecule has 0 bridgehead atoms. The van der Waals surface area contributed by atoms with Crippen LogP contribution >= 0.6 is 23.4 Å². The smallest absolute Gasteiger partial charge is 0.308 e. The molecule has 0 aliphatic carbocycles. The molecule has 0 N–H and O–H groups in total. The number of carbonyl (C=O) groups is 1. The van der Waals surface area contributed by atoms with Gasteiger partial charge in [-0.15, -0.1) is 0 Å². The minimum atomic E-state index is -0.316. The highest BCUT2D eigenvalue weighted by molar-refractivity contribution is 7.99. The number of anilines is 2. The predicted octanol–water partition coefficient (Wildman–Crippen LogP) is 6.07. The first-order valence-electron chi connectivity index (χ1n) is 8.21. The number of benzene rings is 3. The summed E-state index contributed by atoms with van der Waals surface area (Å²) < 4.78 is 5.11. The molecule has 1 aliphatic heterocycles. The van der Waals surface area contributed by atoms with Crippen molar-refractivity contribution in [2.75, 3.05) is 4.90 Å². The number of ether oxygens (including phenoxy) is 1. The fourth-order valence-corrected chi connectivity index (χ4v) is 4.23. The third kappa shape index (κ3) is 3.43. The molecule has 0 radical (unpaired) electrons. The normalized spacial score (nSPS) is 12.3. The zero-order valence-electron chi connectivity index (χ0n) is 14.1. The van der Waals surface area contributed by atoms with Crippen molar-refractivity contribution in [3.63, 3.8) is 0 Å². The maximum atomic E-state index is 11.1. The lowest BCUT2D eigenvalue weighted by Crippen LogP contribution is -2.20. The average Bonchev–Trinajstić information content (AvgIpc) is 2.63. The van der Waals surface area contributed by atoms with Gasteiger partial charge >= 0.3 is 5.97 Å². The van der Waals surface area contributed by atoms with Crippen molar-refractivity contribution in [1.29, 1.82) is 0 Å². The molecule has 1 heterocycles. The van der Waals surface area contributed by atoms with Crippen molar-refractivity contribution < 1.29 is 9.53 Å². The van der Waals surface area contributed by atoms with Gasteiger partial charge in [0.05, 0.1) is 11.4 Å². The molecule has 3 aromatic rings. The Hall–Kier alpha value is -2.43. The van der Waals surface area contributed by atoms with Crippen molar-refractivity contribution in [2.45, 2.75) is 23.3 Å². The van der Waals surface area contributed by atoms with Crippen molar-refractivity contribution in [3.8, 4) is 5.75 Å². The van der Waals surface area contributed by atoms with E-state index in [1.807, 2.05) is 42.5 Å². The molecule has 0 saturated carbocycles. The Bertz CT molecular complexity index is 972. The van der Waals surface area contributed by atoms with Gasteiger partial charge in [-0.2, -0.15) is 0 Å². The van der Waals surface area contributed by atoms with Gasteiger partial charge in [-0.3, -0.25) is 4.79 Å². The lowest BCUT2D eigenvalue weighted by atomic mass is 10.1. The highest BCUT2D eigenvalue weighted by Gasteiger charge is 2.23. The van der Waals surface area contributed by atoms with Crippen molar-refractivity contribution in [1.82, 2.24) is 0 Å². The van der Waals surface area contributed by atoms with E-state index in [-0.39, 0.29) is 5.97 Å². The number of para-hydroxylation sites is 1. The standard InChI is InChI=1S/C21H16ClNO2S/c1-14(24)25-17-9-6-15(7-10-17)13-23-18-4-2-3-5-20(18)26-21-11-8-16(22)12-19(21)23/h2-12H,13H2,1H3. The van der Waals surface area contributed by atoms with Gasteiger partial charge in [0.15, 0.2) is 0 Å². The summed E-state index contributed by atoms with van der Waals surface area (Å²) in [5.74, 6) is 0.239. The Morgan fingerprint density at radius 1 is 1.00 bits per heavy atom. The molecule has 4 rings (SSSR count). The van der Waals surface area contributed by atoms with Crippen LogP contribution in [0, 0.1) is 0 Å². The zero-order chi connectivity index (χ0) is 18.1. The summed E-state index contributed by atoms with van der Waals surface area (Å²) in [6.45, 7) is 2.10. The maximum absolute atomic E-state index is 11.1. The SMILES string of the molecule is CC(=O)Oc1ccc(CN2c3ccccc3Sc3ccc(Cl)cc32)cc1. The number of carbonyl (C=O) groups excluding carboxylic acids is 1. The van der Waals surface area contributed by atoms with Crippen LogP contribution in [-0.4, -0.2) is 5.97 Å². The van der Waals surface area contributed by atoms with Gasteiger partial charge in [0.1, 0.15) is 5.75 Å². The van der Waals surface area contributed by atoms with E-state index in [1.165, 1.54) is 16.7 Å². The Balaban J connectivity index is 1.69. The molecular formula is C21H16ClNO2S. The van der Waals surface area contributed by atoms with E-state index in [1.54, 1.807) is 11.8 Å². The van der Waals surface area contributed by atoms with E-state index in [4.69, 9.17) is 16.3 Å². The van der Waals surface area contributed by atoms with Crippen molar-refractivity contribution >= 4 is 40.7 Å². The van der Waals surface area contributed by atoms with E-state index in [0.717, 1.165) is 22.0 Å². The van der Waals surface area contributed by atoms with Gasteiger partial charge in [0, 0.05) is 28.3 Å². The van der Waals surface area contributed by atoms with Gasteiger partial charge in [-0.1, -0.05) is 47.6 Å². The van der Waals surface area contributed by atoms with Crippen LogP contribution in [0.4, 0.5) is 11.4 Å². The van der Waals surface area contributed by atoms with E-state index in [9.17, 15) is 4.79 Å². The molecule has 0 amide bonds. The summed E-state index contributed by atoms with van der Waals surface area (Å²) in [5, 5.41) is 0.721. The summed E-state index contributed by atoms with van der Waals surface area (Å²) in [4.78, 5) is 15.8. The fraction of sp³-hybridized carbons (Fsp3) is 0.0952. The molecule has 0 aromatic heterocycles. The summed E-state index contributed by atoms with van der Waals surface area (Å²) in [6.07, 6.45) is 0. The van der Waals surface area contributed by atoms with Crippen LogP contribution < -0.4 is 9.64 Å². The molecule has 1 aliphatic rings. The summed E-state index contributed by atoms with van der Waals surface area (Å²) in [7, 11) is 0. The quantitative estimate of drug-likeness (QED) is 0.407. The van der Waals surface area contributed by atoms with Crippen molar-refractivity contribution in [2.24, 2.45) is 0 Å². The Kier molecular flexibility index (Phi) is 4.62. The number of fused-ring (bicyclic) bond motifs is 2. The number of halogens is 1. The summed E-state index contributed by atoms with van der Waals surface area (Å²) in [6, 6.07) is 22.0. The van der Waals surface area contributed by atoms with Crippen LogP contribution in [-0.2, 0) is 11.3 Å². The first-order valence-corrected chi connectivity index (χ1v) is 9.41. The number of esters is 1. The molecule has 130 valence electrons. The lowest BCUT2D eigenvalue weighted by molar-refractivity contribution is -0.131. The van der Waals surface area contributed by atoms with Gasteiger partial charge in [0.25, 0.3) is 0 Å². The van der Waals surface area contributed by atoms with E-state index in [2.05, 4.69) is 29.2 Å². The molecular weight excluding hydrogens is 366 g/mol. The minimum absolute atomic E-state index is 0.316. The molecule has 0 spiro atoms. The minimum Gasteiger partial charge on any atom is -0.427 e. The Morgan fingerprint density at radius 3 is 2.50 bits per heavy atom. The average molecular weight is 382 g/mol. The van der Waals surface area contributed by atoms with E-state index >= 15 is 0 Å². The van der Waals surface area contributed by atoms with Gasteiger partial charge in [0.2, 0.25) is 0 Å². The summed E-state index contributed by atoms with van der Waals surface area (Å²) in [5.41, 5.74) is 3.38. The summed E-state index contributed by atoms with van der Waals surface area (Å²) >= 11 is 8.01. The Labute approximate surface area is 161 Å². The van der Waals surface area contributed by atoms with Crippen LogP contribution in [0.25, 0.3) is 0 Å². The number of hydrogen-bond donors (Lipinski definition) is 0. The van der Waals surface area contributed by atoms with Crippen LogP contribution in [0.15, 0.2) is 76.5 Å². The third-order valence-corrected chi connectivity index (χ3v) is 5.48. The van der Waals surface area contributed by atoms with Crippen LogP contribution in [0.3, 0.4) is 0 Å². The Morgan fingerprint density at radius 2 is 1.73 bits per heavy atom. The molecule has 0 fully saturated rings. The van der Waals surface area contributed by atoms with Crippen LogP contribution in [0.1, 0.15) is 12.5 Å². The fourth-order valence-electron chi connectivity index (χ4n) is 2.98. The number of rotatable bonds is 3. The second-order valence-corrected chi connectivity index (χ2v) is 7.53. The second-order valence-electron chi connectivity index (χ2n) is 6.01. The number of hydrogen-bond acceptors (Lipinski definition) is 4. The van der Waals surface area contributed by atoms with Crippen LogP contribution in [0.5, 0.6) is 5.75 Å². The molecule has 0 saturated heterocycles. The zero-order valence-corrected chi connectivity index (χ0v) is 15.7. The second kappa shape index (κ2) is 7.06. The van der Waals surface area contributed by atoms with Gasteiger partial charge in [-0.25, -0.2) is 0 Å². The molecule has 5 heteroatoms. The monoisotopic (exact) mass is 381 g/mol. The molecule has 3 nitrogen and oxygen atoms in total. The predicted molar refractivity (Wildman–Crippen MR) is 106 cm³/mol. The molecule has 0 atom stereocenters. The highest BCUT2D eigenvalue weighted by atomic mass is 35.5. The largest absolute Gasteiger partial charge is 0.427 e. The van der Waals surface area contributed by atoms with Gasteiger partial charge < -0.3 is 9.64 Å². The highest BCUT2D eigenvalue weighted by Crippen LogP contribution is 2.49. The number of nitrogens with zero attached hydrogens (tertiary/aromatic N) is 1. The van der Waals surface area contributed by atoms with E-state index < -0.39 is 0 Å². The van der Waals surface area contributed by atoms with Crippen LogP contribution in [0.2, 0.25) is 5.02 Å². The first-order chi connectivity index (χ1) is 12.6. The van der Waals surface area contributed by atoms with Crippen molar-refractivity contribution in [3.05, 3.63) is 77.3 Å². The maximum Gasteiger partial charge on any atom is 0.308 e. The third-order valence-electron chi connectivity index (χ3n) is 4.11. The van der Waals surface area contributed by atoms with E-state index in [0.29, 0.717) is 12.3 Å². The lowest BCUT2D eigenvalue weighted by Gasteiger charge is -2.33. The van der Waals surface area contributed by atoms with Gasteiger partial charge in [-0.05, 0) is 48.0 Å². The molecule has 26 heavy (non-hydrogen) atoms. The topological polar surface area (TPSA) is 29.5 Å². The molecule has 0 unspecified atom stereocenters. The first kappa shape index (κ1) is 17.0. The molecule has 3 aromatic carbocycles.